The number of hydrogen-bond donors (Lipinski definition) is 2. The van der Waals surface area contributed by atoms with Crippen molar-refractivity contribution in [2.45, 2.75) is 38.6 Å². The van der Waals surface area contributed by atoms with E-state index in [1.54, 1.807) is 18.5 Å². The lowest BCUT2D eigenvalue weighted by molar-refractivity contribution is 0.447. The maximum absolute atomic E-state index is 6.36. The Hall–Kier alpha value is -1.72. The van der Waals surface area contributed by atoms with Gasteiger partial charge in [-0.15, -0.1) is 0 Å². The molecule has 1 unspecified atom stereocenters. The van der Waals surface area contributed by atoms with Crippen LogP contribution >= 0.6 is 23.2 Å². The van der Waals surface area contributed by atoms with Gasteiger partial charge in [0.2, 0.25) is 0 Å². The van der Waals surface area contributed by atoms with E-state index in [9.17, 15) is 0 Å². The molecule has 1 fully saturated rings. The van der Waals surface area contributed by atoms with Crippen molar-refractivity contribution in [2.75, 3.05) is 22.5 Å². The highest BCUT2D eigenvalue weighted by Gasteiger charge is 2.25. The van der Waals surface area contributed by atoms with Crippen LogP contribution in [-0.2, 0) is 0 Å². The first-order valence-corrected chi connectivity index (χ1v) is 8.95. The molecule has 7 heteroatoms. The van der Waals surface area contributed by atoms with Crippen molar-refractivity contribution in [1.82, 2.24) is 9.97 Å². The molecule has 1 aromatic carbocycles. The number of piperidine rings is 1. The molecule has 0 aliphatic carbocycles. The molecule has 5 nitrogen and oxygen atoms in total. The van der Waals surface area contributed by atoms with Crippen LogP contribution in [0.25, 0.3) is 0 Å². The van der Waals surface area contributed by atoms with Gasteiger partial charge >= 0.3 is 0 Å². The molecule has 0 radical (unpaired) electrons. The van der Waals surface area contributed by atoms with Crippen molar-refractivity contribution in [2.24, 2.45) is 0 Å². The molecule has 24 heavy (non-hydrogen) atoms. The van der Waals surface area contributed by atoms with Gasteiger partial charge in [-0.05, 0) is 43.9 Å². The van der Waals surface area contributed by atoms with Gasteiger partial charge in [-0.25, -0.2) is 9.97 Å². The predicted octanol–water partition coefficient (Wildman–Crippen LogP) is 4.88. The maximum atomic E-state index is 6.36. The number of anilines is 4. The van der Waals surface area contributed by atoms with Crippen LogP contribution in [0.15, 0.2) is 24.5 Å². The SMILES string of the molecule is CCC1CCCCN1c1ncnc(Nc2ccc(Cl)c(Cl)c2)c1N. The van der Waals surface area contributed by atoms with Gasteiger partial charge in [0.15, 0.2) is 11.6 Å². The molecule has 1 aliphatic heterocycles. The van der Waals surface area contributed by atoms with Gasteiger partial charge in [0.05, 0.1) is 10.0 Å². The zero-order chi connectivity index (χ0) is 17.1. The molecule has 1 atom stereocenters. The highest BCUT2D eigenvalue weighted by molar-refractivity contribution is 6.42. The monoisotopic (exact) mass is 365 g/mol. The van der Waals surface area contributed by atoms with Crippen molar-refractivity contribution in [3.63, 3.8) is 0 Å². The second-order valence-corrected chi connectivity index (χ2v) is 6.78. The van der Waals surface area contributed by atoms with Crippen LogP contribution in [0.4, 0.5) is 23.0 Å². The lowest BCUT2D eigenvalue weighted by Gasteiger charge is -2.36. The fourth-order valence-corrected chi connectivity index (χ4v) is 3.43. The second kappa shape index (κ2) is 7.45. The van der Waals surface area contributed by atoms with E-state index in [4.69, 9.17) is 28.9 Å². The van der Waals surface area contributed by atoms with Crippen molar-refractivity contribution in [3.05, 3.63) is 34.6 Å². The molecule has 2 aromatic rings. The number of nitrogens with one attached hydrogen (secondary N) is 1. The Kier molecular flexibility index (Phi) is 5.31. The van der Waals surface area contributed by atoms with Gasteiger partial charge < -0.3 is 16.0 Å². The summed E-state index contributed by atoms with van der Waals surface area (Å²) in [5, 5.41) is 4.20. The third-order valence-corrected chi connectivity index (χ3v) is 5.15. The van der Waals surface area contributed by atoms with Crippen LogP contribution in [-0.4, -0.2) is 22.6 Å². The average molecular weight is 366 g/mol. The van der Waals surface area contributed by atoms with E-state index in [0.717, 1.165) is 30.9 Å². The fraction of sp³-hybridized carbons (Fsp3) is 0.412. The first kappa shape index (κ1) is 17.1. The Bertz CT molecular complexity index is 722. The van der Waals surface area contributed by atoms with Crippen LogP contribution in [0, 0.1) is 0 Å². The van der Waals surface area contributed by atoms with Crippen LogP contribution in [0.5, 0.6) is 0 Å². The van der Waals surface area contributed by atoms with Crippen LogP contribution in [0.1, 0.15) is 32.6 Å². The molecular formula is C17H21Cl2N5. The Morgan fingerprint density at radius 2 is 2.08 bits per heavy atom. The van der Waals surface area contributed by atoms with E-state index in [0.29, 0.717) is 27.6 Å². The first-order chi connectivity index (χ1) is 11.6. The molecule has 1 aromatic heterocycles. The summed E-state index contributed by atoms with van der Waals surface area (Å²) in [7, 11) is 0. The van der Waals surface area contributed by atoms with Gasteiger partial charge in [-0.3, -0.25) is 0 Å². The zero-order valence-corrected chi connectivity index (χ0v) is 15.1. The number of halogens is 2. The maximum Gasteiger partial charge on any atom is 0.159 e. The number of benzene rings is 1. The first-order valence-electron chi connectivity index (χ1n) is 8.19. The summed E-state index contributed by atoms with van der Waals surface area (Å²) in [6.07, 6.45) is 6.23. The summed E-state index contributed by atoms with van der Waals surface area (Å²) in [4.78, 5) is 11.0. The summed E-state index contributed by atoms with van der Waals surface area (Å²) in [6.45, 7) is 3.18. The molecule has 2 heterocycles. The number of rotatable bonds is 4. The van der Waals surface area contributed by atoms with E-state index in [2.05, 4.69) is 27.1 Å². The minimum atomic E-state index is 0.480. The largest absolute Gasteiger partial charge is 0.393 e. The third kappa shape index (κ3) is 3.52. The molecule has 0 bridgehead atoms. The van der Waals surface area contributed by atoms with E-state index >= 15 is 0 Å². The third-order valence-electron chi connectivity index (χ3n) is 4.42. The van der Waals surface area contributed by atoms with E-state index in [1.807, 2.05) is 6.07 Å². The Morgan fingerprint density at radius 1 is 1.25 bits per heavy atom. The molecule has 128 valence electrons. The molecule has 0 saturated carbocycles. The number of aromatic nitrogens is 2. The van der Waals surface area contributed by atoms with E-state index in [1.165, 1.54) is 12.8 Å². The normalized spacial score (nSPS) is 17.8. The molecule has 0 spiro atoms. The second-order valence-electron chi connectivity index (χ2n) is 5.96. The quantitative estimate of drug-likeness (QED) is 0.807. The number of nitrogens with two attached hydrogens (primary N) is 1. The molecular weight excluding hydrogens is 345 g/mol. The smallest absolute Gasteiger partial charge is 0.159 e. The van der Waals surface area contributed by atoms with Crippen molar-refractivity contribution >= 4 is 46.2 Å². The van der Waals surface area contributed by atoms with E-state index < -0.39 is 0 Å². The Morgan fingerprint density at radius 3 is 2.83 bits per heavy atom. The van der Waals surface area contributed by atoms with Gasteiger partial charge in [0.25, 0.3) is 0 Å². The van der Waals surface area contributed by atoms with Crippen LogP contribution in [0.3, 0.4) is 0 Å². The highest BCUT2D eigenvalue weighted by atomic mass is 35.5. The summed E-state index contributed by atoms with van der Waals surface area (Å²) in [5.74, 6) is 1.39. The number of hydrogen-bond acceptors (Lipinski definition) is 5. The molecule has 3 N–H and O–H groups in total. The molecule has 1 saturated heterocycles. The van der Waals surface area contributed by atoms with Crippen LogP contribution < -0.4 is 16.0 Å². The predicted molar refractivity (Wildman–Crippen MR) is 101 cm³/mol. The van der Waals surface area contributed by atoms with Gasteiger partial charge in [-0.1, -0.05) is 30.1 Å². The Labute approximate surface area is 152 Å². The molecule has 1 aliphatic rings. The van der Waals surface area contributed by atoms with Crippen LogP contribution in [0.2, 0.25) is 10.0 Å². The molecule has 0 amide bonds. The minimum Gasteiger partial charge on any atom is -0.393 e. The topological polar surface area (TPSA) is 67.1 Å². The van der Waals surface area contributed by atoms with E-state index in [-0.39, 0.29) is 0 Å². The van der Waals surface area contributed by atoms with Crippen molar-refractivity contribution in [3.8, 4) is 0 Å². The minimum absolute atomic E-state index is 0.480. The van der Waals surface area contributed by atoms with Crippen molar-refractivity contribution in [1.29, 1.82) is 0 Å². The molecule has 3 rings (SSSR count). The summed E-state index contributed by atoms with van der Waals surface area (Å²) in [5.41, 5.74) is 7.70. The highest BCUT2D eigenvalue weighted by Crippen LogP contribution is 2.34. The standard InChI is InChI=1S/C17H21Cl2N5/c1-2-12-5-3-4-8-24(12)17-15(20)16(21-10-22-17)23-11-6-7-13(18)14(19)9-11/h6-7,9-10,12H,2-5,8,20H2,1H3,(H,21,22,23). The summed E-state index contributed by atoms with van der Waals surface area (Å²) < 4.78 is 0. The summed E-state index contributed by atoms with van der Waals surface area (Å²) in [6, 6.07) is 5.81. The van der Waals surface area contributed by atoms with Gasteiger partial charge in [0.1, 0.15) is 12.0 Å². The lowest BCUT2D eigenvalue weighted by atomic mass is 10.00. The fourth-order valence-electron chi connectivity index (χ4n) is 3.13. The lowest BCUT2D eigenvalue weighted by Crippen LogP contribution is -2.40. The van der Waals surface area contributed by atoms with Crippen molar-refractivity contribution < 1.29 is 0 Å². The van der Waals surface area contributed by atoms with Gasteiger partial charge in [0, 0.05) is 18.3 Å². The van der Waals surface area contributed by atoms with Gasteiger partial charge in [-0.2, -0.15) is 0 Å². The summed E-state index contributed by atoms with van der Waals surface area (Å²) >= 11 is 12.0. The number of nitrogens with zero attached hydrogens (tertiary/aromatic N) is 3. The average Bonchev–Trinajstić information content (AvgIpc) is 2.60. The number of nitrogen functional groups attached to an aromatic ring is 1. The zero-order valence-electron chi connectivity index (χ0n) is 13.6. The Balaban J connectivity index is 1.88.